The highest BCUT2D eigenvalue weighted by Gasteiger charge is 2.25. The summed E-state index contributed by atoms with van der Waals surface area (Å²) >= 11 is 0. The second-order valence-corrected chi connectivity index (χ2v) is 5.86. The molecule has 1 aliphatic carbocycles. The summed E-state index contributed by atoms with van der Waals surface area (Å²) < 4.78 is 0. The van der Waals surface area contributed by atoms with Gasteiger partial charge in [-0.05, 0) is 32.4 Å². The summed E-state index contributed by atoms with van der Waals surface area (Å²) in [6.07, 6.45) is 2.33. The number of nitrogens with zero attached hydrogens (tertiary/aromatic N) is 4. The summed E-state index contributed by atoms with van der Waals surface area (Å²) in [6.45, 7) is 8.55. The fraction of sp³-hybridized carbons (Fsp3) is 0.667. The molecule has 0 atom stereocenters. The second kappa shape index (κ2) is 5.97. The molecular formula is C15H23N5O. The van der Waals surface area contributed by atoms with Crippen LogP contribution >= 0.6 is 0 Å². The van der Waals surface area contributed by atoms with Crippen molar-refractivity contribution in [3.63, 3.8) is 0 Å². The van der Waals surface area contributed by atoms with Crippen LogP contribution in [-0.4, -0.2) is 64.4 Å². The number of hydrogen-bond acceptors (Lipinski definition) is 5. The topological polar surface area (TPSA) is 61.4 Å². The third-order valence-electron chi connectivity index (χ3n) is 4.09. The fourth-order valence-electron chi connectivity index (χ4n) is 2.58. The summed E-state index contributed by atoms with van der Waals surface area (Å²) in [6, 6.07) is 2.27. The maximum absolute atomic E-state index is 12.6. The number of carbonyl (C=O) groups excluding carboxylic acids is 1. The van der Waals surface area contributed by atoms with Crippen molar-refractivity contribution in [2.45, 2.75) is 32.7 Å². The molecule has 1 aliphatic heterocycles. The fourth-order valence-corrected chi connectivity index (χ4v) is 2.58. The minimum atomic E-state index is 0.0232. The van der Waals surface area contributed by atoms with Crippen molar-refractivity contribution < 1.29 is 4.79 Å². The van der Waals surface area contributed by atoms with E-state index in [0.717, 1.165) is 38.4 Å². The van der Waals surface area contributed by atoms with Crippen molar-refractivity contribution >= 4 is 11.9 Å². The van der Waals surface area contributed by atoms with Gasteiger partial charge in [0.1, 0.15) is 5.69 Å². The van der Waals surface area contributed by atoms with Crippen molar-refractivity contribution in [2.24, 2.45) is 0 Å². The zero-order valence-electron chi connectivity index (χ0n) is 12.8. The van der Waals surface area contributed by atoms with Crippen LogP contribution in [0.5, 0.6) is 0 Å². The van der Waals surface area contributed by atoms with E-state index in [-0.39, 0.29) is 5.91 Å². The molecule has 6 nitrogen and oxygen atoms in total. The van der Waals surface area contributed by atoms with Gasteiger partial charge in [0.15, 0.2) is 0 Å². The Labute approximate surface area is 125 Å². The molecule has 0 unspecified atom stereocenters. The lowest BCUT2D eigenvalue weighted by molar-refractivity contribution is 0.0637. The van der Waals surface area contributed by atoms with Crippen LogP contribution in [0.15, 0.2) is 6.07 Å². The Morgan fingerprint density at radius 3 is 2.62 bits per heavy atom. The Balaban J connectivity index is 1.70. The minimum absolute atomic E-state index is 0.0232. The van der Waals surface area contributed by atoms with E-state index in [1.54, 1.807) is 6.07 Å². The number of hydrogen-bond donors (Lipinski definition) is 1. The average molecular weight is 289 g/mol. The summed E-state index contributed by atoms with van der Waals surface area (Å²) in [5.74, 6) is 0.614. The van der Waals surface area contributed by atoms with Crippen LogP contribution in [-0.2, 0) is 0 Å². The predicted octanol–water partition coefficient (Wildman–Crippen LogP) is 1.14. The Morgan fingerprint density at radius 1 is 1.29 bits per heavy atom. The molecule has 6 heteroatoms. The third kappa shape index (κ3) is 3.50. The van der Waals surface area contributed by atoms with Gasteiger partial charge in [0, 0.05) is 37.9 Å². The van der Waals surface area contributed by atoms with Gasteiger partial charge in [-0.2, -0.15) is 0 Å². The molecule has 114 valence electrons. The monoisotopic (exact) mass is 289 g/mol. The molecule has 0 radical (unpaired) electrons. The van der Waals surface area contributed by atoms with Crippen molar-refractivity contribution in [1.29, 1.82) is 0 Å². The average Bonchev–Trinajstić information content (AvgIpc) is 3.30. The molecule has 0 aromatic carbocycles. The van der Waals surface area contributed by atoms with Crippen LogP contribution < -0.4 is 5.32 Å². The number of aryl methyl sites for hydroxylation is 1. The molecule has 3 rings (SSSR count). The van der Waals surface area contributed by atoms with E-state index in [2.05, 4.69) is 27.1 Å². The Morgan fingerprint density at radius 2 is 2.00 bits per heavy atom. The van der Waals surface area contributed by atoms with Gasteiger partial charge >= 0.3 is 0 Å². The lowest BCUT2D eigenvalue weighted by Gasteiger charge is -2.33. The van der Waals surface area contributed by atoms with Gasteiger partial charge in [0.25, 0.3) is 5.91 Å². The van der Waals surface area contributed by atoms with E-state index < -0.39 is 0 Å². The lowest BCUT2D eigenvalue weighted by Crippen LogP contribution is -2.48. The van der Waals surface area contributed by atoms with Crippen LogP contribution in [0.4, 0.5) is 5.95 Å². The predicted molar refractivity (Wildman–Crippen MR) is 81.4 cm³/mol. The Kier molecular flexibility index (Phi) is 4.05. The molecule has 1 aromatic rings. The smallest absolute Gasteiger partial charge is 0.272 e. The summed E-state index contributed by atoms with van der Waals surface area (Å²) in [7, 11) is 0. The highest BCUT2D eigenvalue weighted by Crippen LogP contribution is 2.23. The molecule has 1 aromatic heterocycles. The first-order chi connectivity index (χ1) is 10.2. The van der Waals surface area contributed by atoms with E-state index in [0.29, 0.717) is 17.7 Å². The first-order valence-corrected chi connectivity index (χ1v) is 7.79. The van der Waals surface area contributed by atoms with Crippen LogP contribution in [0.25, 0.3) is 0 Å². The van der Waals surface area contributed by atoms with Crippen LogP contribution in [0, 0.1) is 6.92 Å². The van der Waals surface area contributed by atoms with Crippen molar-refractivity contribution in [2.75, 3.05) is 38.0 Å². The Bertz CT molecular complexity index is 521. The van der Waals surface area contributed by atoms with Gasteiger partial charge < -0.3 is 15.1 Å². The zero-order valence-corrected chi connectivity index (χ0v) is 12.8. The molecule has 1 saturated carbocycles. The minimum Gasteiger partial charge on any atom is -0.351 e. The lowest BCUT2D eigenvalue weighted by atomic mass is 10.2. The normalized spacial score (nSPS) is 19.6. The number of rotatable bonds is 4. The Hall–Kier alpha value is -1.69. The second-order valence-electron chi connectivity index (χ2n) is 5.86. The van der Waals surface area contributed by atoms with Gasteiger partial charge in [-0.15, -0.1) is 0 Å². The summed E-state index contributed by atoms with van der Waals surface area (Å²) in [5, 5.41) is 3.27. The van der Waals surface area contributed by atoms with Crippen LogP contribution in [0.1, 0.15) is 35.9 Å². The zero-order chi connectivity index (χ0) is 14.8. The van der Waals surface area contributed by atoms with E-state index in [9.17, 15) is 4.79 Å². The van der Waals surface area contributed by atoms with Gasteiger partial charge in [0.05, 0.1) is 0 Å². The van der Waals surface area contributed by atoms with Gasteiger partial charge in [-0.25, -0.2) is 9.97 Å². The van der Waals surface area contributed by atoms with Gasteiger partial charge in [-0.3, -0.25) is 4.79 Å². The van der Waals surface area contributed by atoms with Crippen LogP contribution in [0.2, 0.25) is 0 Å². The van der Waals surface area contributed by atoms with Gasteiger partial charge in [-0.1, -0.05) is 6.92 Å². The summed E-state index contributed by atoms with van der Waals surface area (Å²) in [5.41, 5.74) is 1.35. The summed E-state index contributed by atoms with van der Waals surface area (Å²) in [4.78, 5) is 25.6. The number of piperazine rings is 1. The standard InChI is InChI=1S/C15H23N5O/c1-3-19-6-8-20(9-7-19)14(21)13-10-11(2)16-15(18-13)17-12-4-5-12/h10,12H,3-9H2,1-2H3,(H,16,17,18). The number of carbonyl (C=O) groups is 1. The highest BCUT2D eigenvalue weighted by atomic mass is 16.2. The molecule has 2 aliphatic rings. The van der Waals surface area contributed by atoms with E-state index >= 15 is 0 Å². The highest BCUT2D eigenvalue weighted by molar-refractivity contribution is 5.92. The molecule has 0 bridgehead atoms. The molecule has 0 spiro atoms. The molecule has 1 saturated heterocycles. The van der Waals surface area contributed by atoms with Crippen molar-refractivity contribution in [1.82, 2.24) is 19.8 Å². The van der Waals surface area contributed by atoms with E-state index in [1.165, 1.54) is 12.8 Å². The molecule has 21 heavy (non-hydrogen) atoms. The maximum atomic E-state index is 12.6. The molecule has 2 fully saturated rings. The van der Waals surface area contributed by atoms with Gasteiger partial charge in [0.2, 0.25) is 5.95 Å². The number of nitrogens with one attached hydrogen (secondary N) is 1. The molecule has 1 N–H and O–H groups in total. The first kappa shape index (κ1) is 14.3. The molecular weight excluding hydrogens is 266 g/mol. The van der Waals surface area contributed by atoms with E-state index in [4.69, 9.17) is 0 Å². The van der Waals surface area contributed by atoms with Crippen molar-refractivity contribution in [3.8, 4) is 0 Å². The first-order valence-electron chi connectivity index (χ1n) is 7.79. The maximum Gasteiger partial charge on any atom is 0.272 e. The molecule has 2 heterocycles. The third-order valence-corrected chi connectivity index (χ3v) is 4.09. The van der Waals surface area contributed by atoms with Crippen LogP contribution in [0.3, 0.4) is 0 Å². The number of amides is 1. The number of aromatic nitrogens is 2. The van der Waals surface area contributed by atoms with Crippen molar-refractivity contribution in [3.05, 3.63) is 17.5 Å². The quantitative estimate of drug-likeness (QED) is 0.900. The number of anilines is 1. The SMILES string of the molecule is CCN1CCN(C(=O)c2cc(C)nc(NC3CC3)n2)CC1. The number of likely N-dealkylation sites (N-methyl/N-ethyl adjacent to an activating group) is 1. The molecule has 1 amide bonds. The largest absolute Gasteiger partial charge is 0.351 e. The van der Waals surface area contributed by atoms with E-state index in [1.807, 2.05) is 11.8 Å².